The molecule has 6 atom stereocenters. The van der Waals surface area contributed by atoms with Gasteiger partial charge in [-0.15, -0.1) is 0 Å². The monoisotopic (exact) mass is 1030 g/mol. The van der Waals surface area contributed by atoms with Gasteiger partial charge in [0.05, 0.1) is 68.8 Å². The number of carbonyl (C=O) groups excluding carboxylic acids is 4. The van der Waals surface area contributed by atoms with Gasteiger partial charge in [0.1, 0.15) is 47.3 Å². The van der Waals surface area contributed by atoms with Crippen molar-refractivity contribution in [1.29, 1.82) is 0 Å². The molecule has 1 saturated heterocycles. The summed E-state index contributed by atoms with van der Waals surface area (Å²) in [5.74, 6) is -2.54. The molecule has 15 nitrogen and oxygen atoms in total. The van der Waals surface area contributed by atoms with Gasteiger partial charge in [0.2, 0.25) is 0 Å². The van der Waals surface area contributed by atoms with E-state index in [1.165, 1.54) is 7.11 Å². The zero-order valence-corrected chi connectivity index (χ0v) is 45.2. The molecule has 0 saturated carbocycles. The molecule has 402 valence electrons. The van der Waals surface area contributed by atoms with Crippen LogP contribution in [0.2, 0.25) is 0 Å². The van der Waals surface area contributed by atoms with Gasteiger partial charge in [0.25, 0.3) is 0 Å². The Kier molecular flexibility index (Phi) is 20.3. The molecule has 1 fully saturated rings. The summed E-state index contributed by atoms with van der Waals surface area (Å²) in [6.45, 7) is 17.8. The van der Waals surface area contributed by atoms with Crippen LogP contribution in [0.4, 0.5) is 4.79 Å². The van der Waals surface area contributed by atoms with Crippen LogP contribution in [0.5, 0.6) is 0 Å². The van der Waals surface area contributed by atoms with E-state index in [2.05, 4.69) is 5.32 Å². The Hall–Kier alpha value is -6.49. The summed E-state index contributed by atoms with van der Waals surface area (Å²) in [6, 6.07) is 37.6. The number of esters is 3. The second kappa shape index (κ2) is 26.3. The molecule has 0 radical (unpaired) electrons. The van der Waals surface area contributed by atoms with E-state index in [4.69, 9.17) is 47.6 Å². The second-order valence-corrected chi connectivity index (χ2v) is 21.5. The minimum absolute atomic E-state index is 0.0220. The van der Waals surface area contributed by atoms with Crippen LogP contribution in [0.3, 0.4) is 0 Å². The fourth-order valence-corrected chi connectivity index (χ4v) is 8.58. The van der Waals surface area contributed by atoms with Crippen LogP contribution in [0.1, 0.15) is 122 Å². The number of alkyl carbamates (subject to hydrolysis) is 1. The van der Waals surface area contributed by atoms with Crippen LogP contribution < -0.4 is 5.32 Å². The van der Waals surface area contributed by atoms with Crippen LogP contribution >= 0.6 is 0 Å². The summed E-state index contributed by atoms with van der Waals surface area (Å²) < 4.78 is 57.5. The van der Waals surface area contributed by atoms with E-state index in [9.17, 15) is 14.4 Å². The number of aromatic nitrogens is 1. The van der Waals surface area contributed by atoms with Crippen molar-refractivity contribution in [3.63, 3.8) is 0 Å². The van der Waals surface area contributed by atoms with E-state index in [0.29, 0.717) is 0 Å². The fourth-order valence-electron chi connectivity index (χ4n) is 8.58. The standard InChI is InChI=1S/C60H74N2O13/c1-39-49(55(64)73-58(2,3)4)44(32-46(54(63)67-11)62-57(66)75-60(8,9)10)50(56(65)74-59(5,6)7)45(61-39)33-47-51(69-35-41-26-18-13-19-27-41)53(71-37-43-30-22-15-23-31-43)52(70-36-42-28-20-14-21-29-42)48(72-47)38-68-34-40-24-16-12-17-25-40/h12-31,46-48,51-53H,32-38H2,1-11H3,(H,62,66)/t46-,47-,48+,51-,52-,53+/m0/s1. The number of hydrogen-bond acceptors (Lipinski definition) is 14. The SMILES string of the molecule is COC(=O)[C@H](Cc1c(C(=O)OC(C)(C)C)c(C)nc(C[C@@H]2O[C@H](COCc3ccccc3)[C@H](OCc3ccccc3)[C@H](OCc3ccccc3)[C@H]2OCc2ccccc2)c1C(=O)OC(C)(C)C)NC(=O)OC(C)(C)C. The molecular weight excluding hydrogens is 957 g/mol. The molecular formula is C60H74N2O13. The summed E-state index contributed by atoms with van der Waals surface area (Å²) in [6.07, 6.45) is -5.72. The highest BCUT2D eigenvalue weighted by atomic mass is 16.6. The summed E-state index contributed by atoms with van der Waals surface area (Å²) in [5, 5.41) is 2.61. The number of benzene rings is 4. The highest BCUT2D eigenvalue weighted by Gasteiger charge is 2.49. The van der Waals surface area contributed by atoms with Gasteiger partial charge < -0.3 is 47.9 Å². The molecule has 1 N–H and O–H groups in total. The molecule has 0 aliphatic carbocycles. The second-order valence-electron chi connectivity index (χ2n) is 21.5. The van der Waals surface area contributed by atoms with Crippen molar-refractivity contribution in [1.82, 2.24) is 10.3 Å². The van der Waals surface area contributed by atoms with Gasteiger partial charge in [-0.1, -0.05) is 121 Å². The topological polar surface area (TPSA) is 176 Å². The predicted molar refractivity (Wildman–Crippen MR) is 282 cm³/mol. The van der Waals surface area contributed by atoms with Crippen LogP contribution in [0, 0.1) is 6.92 Å². The largest absolute Gasteiger partial charge is 0.467 e. The summed E-state index contributed by atoms with van der Waals surface area (Å²) in [5.41, 5.74) is 0.803. The number of carbonyl (C=O) groups is 4. The molecule has 1 aliphatic heterocycles. The fraction of sp³-hybridized carbons (Fsp3) is 0.450. The van der Waals surface area contributed by atoms with Gasteiger partial charge in [0, 0.05) is 12.8 Å². The lowest BCUT2D eigenvalue weighted by atomic mass is 9.87. The molecule has 1 aromatic heterocycles. The first-order chi connectivity index (χ1) is 35.6. The average Bonchev–Trinajstić information content (AvgIpc) is 3.34. The van der Waals surface area contributed by atoms with E-state index >= 15 is 4.79 Å². The molecule has 4 aromatic carbocycles. The number of rotatable bonds is 21. The van der Waals surface area contributed by atoms with E-state index < -0.39 is 83.8 Å². The highest BCUT2D eigenvalue weighted by molar-refractivity contribution is 6.00. The van der Waals surface area contributed by atoms with Gasteiger partial charge in [-0.3, -0.25) is 4.98 Å². The number of methoxy groups -OCH3 is 1. The number of hydrogen-bond donors (Lipinski definition) is 1. The first kappa shape index (κ1) is 57.8. The Labute approximate surface area is 441 Å². The van der Waals surface area contributed by atoms with Gasteiger partial charge in [-0.2, -0.15) is 0 Å². The average molecular weight is 1030 g/mol. The first-order valence-corrected chi connectivity index (χ1v) is 25.4. The smallest absolute Gasteiger partial charge is 0.408 e. The molecule has 15 heteroatoms. The van der Waals surface area contributed by atoms with Crippen LogP contribution in [-0.4, -0.2) is 96.1 Å². The zero-order chi connectivity index (χ0) is 54.3. The van der Waals surface area contributed by atoms with Crippen LogP contribution in [0.25, 0.3) is 0 Å². The lowest BCUT2D eigenvalue weighted by molar-refractivity contribution is -0.272. The molecule has 1 aliphatic rings. The van der Waals surface area contributed by atoms with Crippen molar-refractivity contribution in [2.75, 3.05) is 13.7 Å². The number of ether oxygens (including phenoxy) is 9. The Bertz CT molecular complexity index is 2630. The lowest BCUT2D eigenvalue weighted by Gasteiger charge is -2.46. The Morgan fingerprint density at radius 3 is 1.41 bits per heavy atom. The first-order valence-electron chi connectivity index (χ1n) is 25.4. The Morgan fingerprint density at radius 1 is 0.560 bits per heavy atom. The van der Waals surface area contributed by atoms with Crippen LogP contribution in [-0.2, 0) is 86.7 Å². The van der Waals surface area contributed by atoms with Gasteiger partial charge >= 0.3 is 24.0 Å². The van der Waals surface area contributed by atoms with Crippen molar-refractivity contribution in [2.45, 2.75) is 162 Å². The van der Waals surface area contributed by atoms with Gasteiger partial charge in [-0.25, -0.2) is 19.2 Å². The quantitative estimate of drug-likeness (QED) is 0.0543. The molecule has 0 spiro atoms. The van der Waals surface area contributed by atoms with Crippen molar-refractivity contribution >= 4 is 24.0 Å². The summed E-state index contributed by atoms with van der Waals surface area (Å²) >= 11 is 0. The van der Waals surface area contributed by atoms with E-state index in [0.717, 1.165) is 22.3 Å². The number of nitrogens with zero attached hydrogens (tertiary/aromatic N) is 1. The minimum Gasteiger partial charge on any atom is -0.467 e. The van der Waals surface area contributed by atoms with E-state index in [-0.39, 0.29) is 67.5 Å². The maximum Gasteiger partial charge on any atom is 0.408 e. The Balaban J connectivity index is 1.56. The van der Waals surface area contributed by atoms with Gasteiger partial charge in [-0.05, 0) is 97.1 Å². The number of pyridine rings is 1. The maximum atomic E-state index is 15.1. The third-order valence-electron chi connectivity index (χ3n) is 11.7. The number of amides is 1. The number of aryl methyl sites for hydroxylation is 1. The third-order valence-corrected chi connectivity index (χ3v) is 11.7. The molecule has 0 bridgehead atoms. The van der Waals surface area contributed by atoms with Crippen molar-refractivity contribution < 1.29 is 61.8 Å². The van der Waals surface area contributed by atoms with E-state index in [1.54, 1.807) is 69.2 Å². The maximum absolute atomic E-state index is 15.1. The number of nitrogens with one attached hydrogen (secondary N) is 1. The van der Waals surface area contributed by atoms with Crippen molar-refractivity contribution in [3.05, 3.63) is 172 Å². The van der Waals surface area contributed by atoms with Crippen molar-refractivity contribution in [3.8, 4) is 0 Å². The van der Waals surface area contributed by atoms with Crippen molar-refractivity contribution in [2.24, 2.45) is 0 Å². The molecule has 0 unspecified atom stereocenters. The predicted octanol–water partition coefficient (Wildman–Crippen LogP) is 10.2. The van der Waals surface area contributed by atoms with Gasteiger partial charge in [0.15, 0.2) is 0 Å². The Morgan fingerprint density at radius 2 is 0.973 bits per heavy atom. The molecule has 5 aromatic rings. The minimum atomic E-state index is -1.47. The summed E-state index contributed by atoms with van der Waals surface area (Å²) in [7, 11) is 1.17. The molecule has 75 heavy (non-hydrogen) atoms. The normalized spacial score (nSPS) is 18.4. The van der Waals surface area contributed by atoms with E-state index in [1.807, 2.05) is 121 Å². The molecule has 1 amide bonds. The highest BCUT2D eigenvalue weighted by Crippen LogP contribution is 2.35. The molecule has 6 rings (SSSR count). The van der Waals surface area contributed by atoms with Crippen LogP contribution in [0.15, 0.2) is 121 Å². The summed E-state index contributed by atoms with van der Waals surface area (Å²) in [4.78, 5) is 61.8. The molecule has 2 heterocycles. The lowest BCUT2D eigenvalue weighted by Crippen LogP contribution is -2.61. The third kappa shape index (κ3) is 17.8. The zero-order valence-electron chi connectivity index (χ0n) is 45.2.